The Morgan fingerprint density at radius 3 is 2.47 bits per heavy atom. The van der Waals surface area contributed by atoms with E-state index in [1.54, 1.807) is 0 Å². The molecule has 0 spiro atoms. The van der Waals surface area contributed by atoms with Gasteiger partial charge in [0.1, 0.15) is 11.4 Å². The highest BCUT2D eigenvalue weighted by Crippen LogP contribution is 2.43. The van der Waals surface area contributed by atoms with Crippen molar-refractivity contribution in [2.45, 2.75) is 26.8 Å². The molecule has 0 unspecified atom stereocenters. The van der Waals surface area contributed by atoms with Crippen LogP contribution in [0.1, 0.15) is 43.9 Å². The number of aromatic nitrogens is 1. The number of carbonyl (C=O) groups is 1. The molecule has 0 radical (unpaired) electrons. The van der Waals surface area contributed by atoms with Gasteiger partial charge in [-0.2, -0.15) is 0 Å². The van der Waals surface area contributed by atoms with E-state index in [2.05, 4.69) is 4.98 Å². The Morgan fingerprint density at radius 1 is 1.07 bits per heavy atom. The predicted molar refractivity (Wildman–Crippen MR) is 114 cm³/mol. The third-order valence-electron chi connectivity index (χ3n) is 5.45. The molecule has 2 aromatic carbocycles. The van der Waals surface area contributed by atoms with Crippen LogP contribution in [0.2, 0.25) is 0 Å². The van der Waals surface area contributed by atoms with Crippen LogP contribution in [0, 0.1) is 26.6 Å². The van der Waals surface area contributed by atoms with E-state index in [0.717, 1.165) is 27.8 Å². The molecule has 2 aromatic heterocycles. The second-order valence-corrected chi connectivity index (χ2v) is 8.62. The molecule has 4 aromatic rings. The van der Waals surface area contributed by atoms with Gasteiger partial charge in [0.25, 0.3) is 5.91 Å². The van der Waals surface area contributed by atoms with Crippen molar-refractivity contribution < 1.29 is 13.6 Å². The highest BCUT2D eigenvalue weighted by molar-refractivity contribution is 7.15. The number of anilines is 1. The zero-order valence-corrected chi connectivity index (χ0v) is 17.3. The van der Waals surface area contributed by atoms with Crippen molar-refractivity contribution in [3.05, 3.63) is 91.5 Å². The summed E-state index contributed by atoms with van der Waals surface area (Å²) in [6.07, 6.45) is 0. The van der Waals surface area contributed by atoms with Gasteiger partial charge < -0.3 is 4.42 Å². The first-order valence-electron chi connectivity index (χ1n) is 9.45. The van der Waals surface area contributed by atoms with Crippen molar-refractivity contribution in [3.63, 3.8) is 0 Å². The lowest BCUT2D eigenvalue weighted by molar-refractivity contribution is 0.0971. The molecule has 5 rings (SSSR count). The Labute approximate surface area is 175 Å². The standard InChI is InChI=1S/C23H17FN2O3S/c1-11-4-6-14(7-5-11)19-18-20(27)16-10-15(24)8-9-17(16)29-21(18)22(28)26(19)23-25-12(2)13(3)30-23/h4-10,19H,1-3H3/t19-/m1/s1. The number of amides is 1. The minimum Gasteiger partial charge on any atom is -0.450 e. The first-order valence-corrected chi connectivity index (χ1v) is 10.3. The molecule has 5 nitrogen and oxygen atoms in total. The number of benzene rings is 2. The minimum atomic E-state index is -0.693. The largest absolute Gasteiger partial charge is 0.450 e. The molecule has 0 aliphatic carbocycles. The second-order valence-electron chi connectivity index (χ2n) is 7.44. The van der Waals surface area contributed by atoms with Gasteiger partial charge in [-0.15, -0.1) is 11.3 Å². The smallest absolute Gasteiger partial charge is 0.297 e. The van der Waals surface area contributed by atoms with Crippen molar-refractivity contribution in [1.82, 2.24) is 4.98 Å². The summed E-state index contributed by atoms with van der Waals surface area (Å²) in [5.41, 5.74) is 2.65. The van der Waals surface area contributed by atoms with E-state index in [9.17, 15) is 14.0 Å². The maximum atomic E-state index is 13.8. The van der Waals surface area contributed by atoms with Crippen LogP contribution < -0.4 is 10.3 Å². The third kappa shape index (κ3) is 2.69. The summed E-state index contributed by atoms with van der Waals surface area (Å²) in [6, 6.07) is 10.7. The number of nitrogens with zero attached hydrogens (tertiary/aromatic N) is 2. The Morgan fingerprint density at radius 2 is 1.80 bits per heavy atom. The number of thiazole rings is 1. The van der Waals surface area contributed by atoms with Gasteiger partial charge in [-0.25, -0.2) is 9.37 Å². The lowest BCUT2D eigenvalue weighted by atomic mass is 9.98. The number of rotatable bonds is 2. The fourth-order valence-corrected chi connectivity index (χ4v) is 4.70. The van der Waals surface area contributed by atoms with Crippen molar-refractivity contribution in [2.24, 2.45) is 0 Å². The Hall–Kier alpha value is -3.32. The van der Waals surface area contributed by atoms with E-state index in [0.29, 0.717) is 5.13 Å². The SMILES string of the molecule is Cc1ccc([C@@H]2c3c(oc4ccc(F)cc4c3=O)C(=O)N2c2nc(C)c(C)s2)cc1. The number of aryl methyl sites for hydroxylation is 3. The molecule has 3 heterocycles. The van der Waals surface area contributed by atoms with Crippen LogP contribution in [-0.4, -0.2) is 10.9 Å². The summed E-state index contributed by atoms with van der Waals surface area (Å²) in [5.74, 6) is -0.975. The molecule has 0 saturated heterocycles. The zero-order chi connectivity index (χ0) is 21.2. The van der Waals surface area contributed by atoms with Crippen LogP contribution in [0.15, 0.2) is 51.7 Å². The number of halogens is 1. The van der Waals surface area contributed by atoms with E-state index in [1.165, 1.54) is 28.4 Å². The molecule has 30 heavy (non-hydrogen) atoms. The quantitative estimate of drug-likeness (QED) is 0.455. The van der Waals surface area contributed by atoms with Crippen LogP contribution in [0.5, 0.6) is 0 Å². The summed E-state index contributed by atoms with van der Waals surface area (Å²) >= 11 is 1.39. The molecule has 1 aliphatic rings. The molecule has 0 fully saturated rings. The Balaban J connectivity index is 1.82. The third-order valence-corrected chi connectivity index (χ3v) is 6.52. The van der Waals surface area contributed by atoms with Gasteiger partial charge in [-0.05, 0) is 44.5 Å². The summed E-state index contributed by atoms with van der Waals surface area (Å²) < 4.78 is 19.7. The molecule has 0 N–H and O–H groups in total. The molecular formula is C23H17FN2O3S. The summed E-state index contributed by atoms with van der Waals surface area (Å²) in [5, 5.41) is 0.619. The summed E-state index contributed by atoms with van der Waals surface area (Å²) in [4.78, 5) is 33.9. The average Bonchev–Trinajstić information content (AvgIpc) is 3.20. The molecular weight excluding hydrogens is 403 g/mol. The maximum absolute atomic E-state index is 13.8. The van der Waals surface area contributed by atoms with Crippen molar-refractivity contribution in [2.75, 3.05) is 4.90 Å². The van der Waals surface area contributed by atoms with Gasteiger partial charge in [-0.1, -0.05) is 29.8 Å². The number of hydrogen-bond donors (Lipinski definition) is 0. The van der Waals surface area contributed by atoms with E-state index in [1.807, 2.05) is 45.0 Å². The first kappa shape index (κ1) is 18.7. The first-order chi connectivity index (χ1) is 14.3. The number of hydrogen-bond acceptors (Lipinski definition) is 5. The average molecular weight is 420 g/mol. The lowest BCUT2D eigenvalue weighted by Gasteiger charge is -2.22. The normalized spacial score (nSPS) is 15.8. The van der Waals surface area contributed by atoms with E-state index in [-0.39, 0.29) is 22.3 Å². The van der Waals surface area contributed by atoms with Crippen LogP contribution >= 0.6 is 11.3 Å². The molecule has 1 amide bonds. The Kier molecular flexibility index (Phi) is 4.11. The van der Waals surface area contributed by atoms with Gasteiger partial charge in [0, 0.05) is 4.88 Å². The van der Waals surface area contributed by atoms with E-state index >= 15 is 0 Å². The van der Waals surface area contributed by atoms with Crippen molar-refractivity contribution >= 4 is 33.3 Å². The number of carbonyl (C=O) groups excluding carboxylic acids is 1. The lowest BCUT2D eigenvalue weighted by Crippen LogP contribution is -2.29. The maximum Gasteiger partial charge on any atom is 0.297 e. The fourth-order valence-electron chi connectivity index (χ4n) is 3.77. The summed E-state index contributed by atoms with van der Waals surface area (Å²) in [6.45, 7) is 5.78. The molecule has 7 heteroatoms. The van der Waals surface area contributed by atoms with Gasteiger partial charge in [0.15, 0.2) is 10.6 Å². The molecule has 1 atom stereocenters. The molecule has 0 saturated carbocycles. The van der Waals surface area contributed by atoms with Crippen LogP contribution in [0.25, 0.3) is 11.0 Å². The fraction of sp³-hybridized carbons (Fsp3) is 0.174. The monoisotopic (exact) mass is 420 g/mol. The Bertz CT molecular complexity index is 1370. The molecule has 1 aliphatic heterocycles. The molecule has 0 bridgehead atoms. The van der Waals surface area contributed by atoms with E-state index in [4.69, 9.17) is 4.42 Å². The number of fused-ring (bicyclic) bond motifs is 2. The van der Waals surface area contributed by atoms with Crippen molar-refractivity contribution in [3.8, 4) is 0 Å². The van der Waals surface area contributed by atoms with E-state index < -0.39 is 23.2 Å². The van der Waals surface area contributed by atoms with Crippen LogP contribution in [0.3, 0.4) is 0 Å². The second kappa shape index (κ2) is 6.60. The van der Waals surface area contributed by atoms with Gasteiger partial charge >= 0.3 is 0 Å². The minimum absolute atomic E-state index is 0.0183. The van der Waals surface area contributed by atoms with Crippen molar-refractivity contribution in [1.29, 1.82) is 0 Å². The van der Waals surface area contributed by atoms with Gasteiger partial charge in [-0.3, -0.25) is 14.5 Å². The zero-order valence-electron chi connectivity index (χ0n) is 16.5. The highest BCUT2D eigenvalue weighted by atomic mass is 32.1. The van der Waals surface area contributed by atoms with Gasteiger partial charge in [0.2, 0.25) is 5.76 Å². The van der Waals surface area contributed by atoms with Crippen LogP contribution in [0.4, 0.5) is 9.52 Å². The predicted octanol–water partition coefficient (Wildman–Crippen LogP) is 5.06. The van der Waals surface area contributed by atoms with Crippen LogP contribution in [-0.2, 0) is 0 Å². The highest BCUT2D eigenvalue weighted by Gasteiger charge is 2.45. The molecule has 150 valence electrons. The topological polar surface area (TPSA) is 63.4 Å². The summed E-state index contributed by atoms with van der Waals surface area (Å²) in [7, 11) is 0. The van der Waals surface area contributed by atoms with Gasteiger partial charge in [0.05, 0.1) is 22.7 Å².